The number of sulfonamides is 1. The monoisotopic (exact) mass is 607 g/mol. The van der Waals surface area contributed by atoms with E-state index >= 15 is 0 Å². The van der Waals surface area contributed by atoms with Crippen molar-refractivity contribution < 1.29 is 22.0 Å². The number of amides is 2. The second-order valence-corrected chi connectivity index (χ2v) is 13.2. The van der Waals surface area contributed by atoms with Crippen LogP contribution in [0.1, 0.15) is 53.6 Å². The predicted octanol–water partition coefficient (Wildman–Crippen LogP) is 4.48. The minimum absolute atomic E-state index is 0.269. The lowest BCUT2D eigenvalue weighted by Gasteiger charge is -2.32. The van der Waals surface area contributed by atoms with Crippen molar-refractivity contribution in [3.05, 3.63) is 74.6 Å². The predicted molar refractivity (Wildman–Crippen MR) is 147 cm³/mol. The highest BCUT2D eigenvalue weighted by molar-refractivity contribution is 7.90. The third kappa shape index (κ3) is 5.10. The molecule has 3 aromatic rings. The Morgan fingerprint density at radius 3 is 2.73 bits per heavy atom. The summed E-state index contributed by atoms with van der Waals surface area (Å²) in [5.41, 5.74) is 3.41. The smallest absolute Gasteiger partial charge is 0.332 e. The lowest BCUT2D eigenvalue weighted by atomic mass is 9.90. The maximum Gasteiger partial charge on any atom is 0.333 e. The van der Waals surface area contributed by atoms with E-state index in [0.717, 1.165) is 11.3 Å². The molecule has 6 rings (SSSR count). The van der Waals surface area contributed by atoms with Gasteiger partial charge in [0.2, 0.25) is 10.0 Å². The highest BCUT2D eigenvalue weighted by atomic mass is 35.5. The van der Waals surface area contributed by atoms with Gasteiger partial charge >= 0.3 is 12.6 Å². The molecule has 1 saturated heterocycles. The van der Waals surface area contributed by atoms with E-state index in [1.54, 1.807) is 6.20 Å². The van der Waals surface area contributed by atoms with Crippen molar-refractivity contribution >= 4 is 50.4 Å². The molecular formula is C25H24ClF2N7O3S2. The van der Waals surface area contributed by atoms with Gasteiger partial charge in [-0.1, -0.05) is 23.7 Å². The van der Waals surface area contributed by atoms with Gasteiger partial charge in [-0.05, 0) is 37.0 Å². The third-order valence-corrected chi connectivity index (χ3v) is 9.90. The van der Waals surface area contributed by atoms with Gasteiger partial charge in [0, 0.05) is 52.6 Å². The maximum atomic E-state index is 13.5. The van der Waals surface area contributed by atoms with Crippen LogP contribution in [0.4, 0.5) is 13.6 Å². The van der Waals surface area contributed by atoms with E-state index in [9.17, 15) is 22.0 Å². The molecule has 40 heavy (non-hydrogen) atoms. The number of hydrogen-bond donors (Lipinski definition) is 2. The molecule has 1 aromatic carbocycles. The zero-order valence-electron chi connectivity index (χ0n) is 21.1. The first-order chi connectivity index (χ1) is 19.1. The first-order valence-corrected chi connectivity index (χ1v) is 15.3. The fourth-order valence-corrected chi connectivity index (χ4v) is 7.24. The Morgan fingerprint density at radius 2 is 2.08 bits per heavy atom. The highest BCUT2D eigenvalue weighted by Crippen LogP contribution is 2.46. The SMILES string of the molecule is Cc1ccc([C@@H]2N=C(c3nccs3)N3C[C@@H](NC(=O)NS(=O)(=O)C4CC4)CC3=C2c2cnn(C(F)F)c2)c(Cl)c1. The number of halogens is 3. The molecule has 0 bridgehead atoms. The molecule has 2 N–H and O–H groups in total. The molecule has 4 heterocycles. The second kappa shape index (κ2) is 10.2. The molecule has 10 nitrogen and oxygen atoms in total. The van der Waals surface area contributed by atoms with Crippen LogP contribution in [0.25, 0.3) is 5.57 Å². The number of benzene rings is 1. The number of carbonyl (C=O) groups is 1. The van der Waals surface area contributed by atoms with Gasteiger partial charge in [-0.15, -0.1) is 11.3 Å². The van der Waals surface area contributed by atoms with Crippen LogP contribution in [0.3, 0.4) is 0 Å². The molecule has 2 fully saturated rings. The van der Waals surface area contributed by atoms with Gasteiger partial charge in [-0.3, -0.25) is 4.99 Å². The van der Waals surface area contributed by atoms with Crippen molar-refractivity contribution in [3.8, 4) is 0 Å². The number of nitrogens with zero attached hydrogens (tertiary/aromatic N) is 5. The summed E-state index contributed by atoms with van der Waals surface area (Å²) in [6, 6.07) is 3.60. The summed E-state index contributed by atoms with van der Waals surface area (Å²) in [5.74, 6) is 0.548. The van der Waals surface area contributed by atoms with Gasteiger partial charge in [0.15, 0.2) is 10.8 Å². The van der Waals surface area contributed by atoms with Crippen LogP contribution in [0.15, 0.2) is 52.9 Å². The number of thiazole rings is 1. The lowest BCUT2D eigenvalue weighted by molar-refractivity contribution is 0.0566. The fraction of sp³-hybridized carbons (Fsp3) is 0.360. The molecule has 2 amide bonds. The number of aliphatic imine (C=N–C) groups is 1. The fourth-order valence-electron chi connectivity index (χ4n) is 5.02. The largest absolute Gasteiger partial charge is 0.333 e. The number of nitrogens with one attached hydrogen (secondary N) is 2. The Labute approximate surface area is 237 Å². The summed E-state index contributed by atoms with van der Waals surface area (Å²) in [6.45, 7) is -0.646. The second-order valence-electron chi connectivity index (χ2n) is 9.90. The number of fused-ring (bicyclic) bond motifs is 1. The molecule has 2 aromatic heterocycles. The minimum Gasteiger partial charge on any atom is -0.332 e. The molecule has 0 spiro atoms. The molecule has 0 unspecified atom stereocenters. The van der Waals surface area contributed by atoms with Crippen LogP contribution in [0.5, 0.6) is 0 Å². The van der Waals surface area contributed by atoms with Crippen LogP contribution in [0, 0.1) is 6.92 Å². The van der Waals surface area contributed by atoms with Crippen LogP contribution in [-0.4, -0.2) is 57.8 Å². The number of urea groups is 1. The summed E-state index contributed by atoms with van der Waals surface area (Å²) < 4.78 is 54.3. The Balaban J connectivity index is 1.43. The average Bonchev–Trinajstić information content (AvgIpc) is 3.26. The third-order valence-electron chi connectivity index (χ3n) is 6.98. The normalized spacial score (nSPS) is 21.0. The molecule has 210 valence electrons. The van der Waals surface area contributed by atoms with E-state index < -0.39 is 39.9 Å². The zero-order chi connectivity index (χ0) is 28.2. The van der Waals surface area contributed by atoms with Crippen LogP contribution in [0.2, 0.25) is 5.02 Å². The summed E-state index contributed by atoms with van der Waals surface area (Å²) >= 11 is 8.08. The standard InChI is InChI=1S/C25H24ClF2N7O3S2/c1-13-2-5-17(18(26)8-13)21-20(14-10-30-35(11-14)24(27)28)19-9-15(31-25(36)33-40(37,38)16-3-4-16)12-34(19)22(32-21)23-29-6-7-39-23/h2,5-8,10-11,15-16,21,24H,3-4,9,12H2,1H3,(H2,31,33,36)/t15-,21-/m0/s1. The van der Waals surface area contributed by atoms with E-state index in [1.807, 2.05) is 35.4 Å². The number of alkyl halides is 2. The molecule has 3 aliphatic rings. The zero-order valence-corrected chi connectivity index (χ0v) is 23.5. The average molecular weight is 608 g/mol. The molecule has 2 atom stereocenters. The van der Waals surface area contributed by atoms with Gasteiger partial charge in [0.25, 0.3) is 0 Å². The molecular weight excluding hydrogens is 584 g/mol. The van der Waals surface area contributed by atoms with E-state index in [0.29, 0.717) is 50.1 Å². The Kier molecular flexibility index (Phi) is 6.87. The van der Waals surface area contributed by atoms with Crippen LogP contribution < -0.4 is 10.0 Å². The van der Waals surface area contributed by atoms with Gasteiger partial charge in [-0.25, -0.2) is 27.6 Å². The van der Waals surface area contributed by atoms with Crippen molar-refractivity contribution in [3.63, 3.8) is 0 Å². The Hall–Kier alpha value is -3.36. The van der Waals surface area contributed by atoms with Crippen molar-refractivity contribution in [1.29, 1.82) is 0 Å². The summed E-state index contributed by atoms with van der Waals surface area (Å²) in [5, 5.41) is 8.99. The van der Waals surface area contributed by atoms with Gasteiger partial charge < -0.3 is 10.2 Å². The van der Waals surface area contributed by atoms with Crippen molar-refractivity contribution in [1.82, 2.24) is 29.7 Å². The number of carbonyl (C=O) groups excluding carboxylic acids is 1. The van der Waals surface area contributed by atoms with Gasteiger partial charge in [0.1, 0.15) is 6.04 Å². The Morgan fingerprint density at radius 1 is 1.27 bits per heavy atom. The number of amidine groups is 1. The lowest BCUT2D eigenvalue weighted by Crippen LogP contribution is -2.46. The van der Waals surface area contributed by atoms with Crippen molar-refractivity contribution in [2.75, 3.05) is 6.54 Å². The van der Waals surface area contributed by atoms with Gasteiger partial charge in [-0.2, -0.15) is 13.9 Å². The maximum absolute atomic E-state index is 13.5. The van der Waals surface area contributed by atoms with E-state index in [2.05, 4.69) is 20.1 Å². The van der Waals surface area contributed by atoms with Crippen LogP contribution in [-0.2, 0) is 10.0 Å². The highest BCUT2D eigenvalue weighted by Gasteiger charge is 2.42. The van der Waals surface area contributed by atoms with Crippen molar-refractivity contribution in [2.24, 2.45) is 4.99 Å². The number of rotatable bonds is 7. The topological polar surface area (TPSA) is 122 Å². The Bertz CT molecular complexity index is 1640. The van der Waals surface area contributed by atoms with Crippen molar-refractivity contribution in [2.45, 2.75) is 50.1 Å². The molecule has 15 heteroatoms. The first-order valence-electron chi connectivity index (χ1n) is 12.5. The number of hydrogen-bond acceptors (Lipinski definition) is 8. The van der Waals surface area contributed by atoms with Crippen LogP contribution >= 0.6 is 22.9 Å². The number of aromatic nitrogens is 3. The van der Waals surface area contributed by atoms with E-state index in [4.69, 9.17) is 16.6 Å². The summed E-state index contributed by atoms with van der Waals surface area (Å²) in [4.78, 5) is 24.1. The van der Waals surface area contributed by atoms with E-state index in [-0.39, 0.29) is 13.0 Å². The first kappa shape index (κ1) is 26.8. The molecule has 0 radical (unpaired) electrons. The van der Waals surface area contributed by atoms with E-state index in [1.165, 1.54) is 23.7 Å². The molecule has 2 aliphatic heterocycles. The minimum atomic E-state index is -3.73. The number of aryl methyl sites for hydroxylation is 1. The quantitative estimate of drug-likeness (QED) is 0.409. The van der Waals surface area contributed by atoms with Gasteiger partial charge in [0.05, 0.1) is 17.5 Å². The molecule has 1 aliphatic carbocycles. The summed E-state index contributed by atoms with van der Waals surface area (Å²) in [7, 11) is -3.73. The summed E-state index contributed by atoms with van der Waals surface area (Å²) in [6.07, 6.45) is 5.62. The molecule has 1 saturated carbocycles.